The van der Waals surface area contributed by atoms with E-state index in [0.29, 0.717) is 17.0 Å². The normalized spacial score (nSPS) is 10.7. The largest absolute Gasteiger partial charge is 0.334 e. The number of rotatable bonds is 5. The fourth-order valence-electron chi connectivity index (χ4n) is 3.17. The molecule has 0 bridgehead atoms. The van der Waals surface area contributed by atoms with E-state index in [0.717, 1.165) is 22.0 Å². The second kappa shape index (κ2) is 7.41. The van der Waals surface area contributed by atoms with E-state index in [1.165, 1.54) is 0 Å². The van der Waals surface area contributed by atoms with Gasteiger partial charge in [0.15, 0.2) is 5.78 Å². The van der Waals surface area contributed by atoms with Crippen molar-refractivity contribution in [3.05, 3.63) is 78.3 Å². The summed E-state index contributed by atoms with van der Waals surface area (Å²) in [5.74, 6) is -0.0452. The van der Waals surface area contributed by atoms with Crippen LogP contribution in [0.2, 0.25) is 0 Å². The maximum atomic E-state index is 12.6. The molecule has 0 spiro atoms. The Morgan fingerprint density at radius 3 is 2.75 bits per heavy atom. The molecule has 0 atom stereocenters. The molecule has 0 fully saturated rings. The molecule has 0 aliphatic heterocycles. The maximum Gasteiger partial charge on any atom is 0.168 e. The predicted molar refractivity (Wildman–Crippen MR) is 106 cm³/mol. The van der Waals surface area contributed by atoms with Gasteiger partial charge in [-0.3, -0.25) is 14.8 Å². The van der Waals surface area contributed by atoms with E-state index >= 15 is 0 Å². The van der Waals surface area contributed by atoms with Crippen molar-refractivity contribution in [3.8, 4) is 17.3 Å². The number of ketones is 1. The average Bonchev–Trinajstić information content (AvgIpc) is 3.14. The number of hydrogen-bond acceptors (Lipinski definition) is 5. The first-order valence-corrected chi connectivity index (χ1v) is 8.84. The van der Waals surface area contributed by atoms with E-state index in [-0.39, 0.29) is 18.6 Å². The van der Waals surface area contributed by atoms with Crippen LogP contribution in [0.25, 0.3) is 22.0 Å². The lowest BCUT2D eigenvalue weighted by Crippen LogP contribution is -2.06. The van der Waals surface area contributed by atoms with E-state index in [9.17, 15) is 4.79 Å². The molecule has 6 heteroatoms. The molecular weight excluding hydrogens is 350 g/mol. The number of Topliss-reactive ketones (excluding diaryl/α,β-unsaturated/α-hetero) is 1. The third-order valence-electron chi connectivity index (χ3n) is 4.63. The Labute approximate surface area is 162 Å². The summed E-state index contributed by atoms with van der Waals surface area (Å²) in [4.78, 5) is 25.4. The first kappa shape index (κ1) is 17.6. The zero-order chi connectivity index (χ0) is 19.5. The Bertz CT molecular complexity index is 1220. The summed E-state index contributed by atoms with van der Waals surface area (Å²) in [5.41, 5.74) is 3.94. The van der Waals surface area contributed by atoms with Gasteiger partial charge < -0.3 is 4.57 Å². The van der Waals surface area contributed by atoms with Gasteiger partial charge in [-0.05, 0) is 29.7 Å². The lowest BCUT2D eigenvalue weighted by Gasteiger charge is -2.07. The number of benzene rings is 1. The Morgan fingerprint density at radius 2 is 1.96 bits per heavy atom. The molecule has 0 aliphatic carbocycles. The number of carbonyl (C=O) groups is 1. The number of aromatic nitrogens is 4. The van der Waals surface area contributed by atoms with Crippen molar-refractivity contribution < 1.29 is 4.79 Å². The minimum atomic E-state index is -0.0452. The smallest absolute Gasteiger partial charge is 0.168 e. The fraction of sp³-hybridized carbons (Fsp3) is 0.136. The summed E-state index contributed by atoms with van der Waals surface area (Å²) in [5, 5.41) is 10.8. The highest BCUT2D eigenvalue weighted by molar-refractivity contribution is 5.98. The molecule has 1 aromatic carbocycles. The van der Waals surface area contributed by atoms with Crippen molar-refractivity contribution in [3.63, 3.8) is 0 Å². The van der Waals surface area contributed by atoms with Crippen molar-refractivity contribution >= 4 is 16.6 Å². The number of fused-ring (bicyclic) bond motifs is 1. The van der Waals surface area contributed by atoms with E-state index in [2.05, 4.69) is 21.0 Å². The van der Waals surface area contributed by atoms with Crippen molar-refractivity contribution in [2.45, 2.75) is 12.8 Å². The Kier molecular flexibility index (Phi) is 4.65. The lowest BCUT2D eigenvalue weighted by atomic mass is 10.0. The number of aryl methyl sites for hydroxylation is 1. The zero-order valence-corrected chi connectivity index (χ0v) is 15.3. The van der Waals surface area contributed by atoms with Crippen LogP contribution in [-0.2, 0) is 19.9 Å². The summed E-state index contributed by atoms with van der Waals surface area (Å²) < 4.78 is 1.97. The summed E-state index contributed by atoms with van der Waals surface area (Å²) in [7, 11) is 1.96. The second-order valence-corrected chi connectivity index (χ2v) is 6.60. The van der Waals surface area contributed by atoms with Gasteiger partial charge in [-0.15, -0.1) is 0 Å². The zero-order valence-electron chi connectivity index (χ0n) is 15.3. The standard InChI is InChI=1S/C22H17N5O/c1-27-14-24-13-21(27)15-2-3-17-12-26-20(10-18(17)8-15)11-22(28)16-5-7-25-19(9-16)4-6-23/h2-3,5,7-10,12-14H,4,11H2,1H3. The Hall–Kier alpha value is -3.85. The number of nitrogens with zero attached hydrogens (tertiary/aromatic N) is 5. The van der Waals surface area contributed by atoms with Crippen LogP contribution in [-0.4, -0.2) is 25.3 Å². The highest BCUT2D eigenvalue weighted by atomic mass is 16.1. The van der Waals surface area contributed by atoms with Crippen LogP contribution in [0.5, 0.6) is 0 Å². The first-order valence-electron chi connectivity index (χ1n) is 8.84. The SMILES string of the molecule is Cn1cncc1-c1ccc2cnc(CC(=O)c3ccnc(CC#N)c3)cc2c1. The highest BCUT2D eigenvalue weighted by Crippen LogP contribution is 2.24. The van der Waals surface area contributed by atoms with Gasteiger partial charge in [0, 0.05) is 41.6 Å². The molecule has 4 rings (SSSR count). The summed E-state index contributed by atoms with van der Waals surface area (Å²) in [6, 6.07) is 13.5. The van der Waals surface area contributed by atoms with Crippen LogP contribution in [0.3, 0.4) is 0 Å². The van der Waals surface area contributed by atoms with Gasteiger partial charge in [0.05, 0.1) is 42.8 Å². The van der Waals surface area contributed by atoms with Gasteiger partial charge in [-0.1, -0.05) is 12.1 Å². The molecule has 0 radical (unpaired) electrons. The Balaban J connectivity index is 1.62. The molecule has 0 N–H and O–H groups in total. The van der Waals surface area contributed by atoms with Crippen molar-refractivity contribution in [1.82, 2.24) is 19.5 Å². The number of pyridine rings is 2. The second-order valence-electron chi connectivity index (χ2n) is 6.60. The third-order valence-corrected chi connectivity index (χ3v) is 4.63. The molecule has 6 nitrogen and oxygen atoms in total. The van der Waals surface area contributed by atoms with Gasteiger partial charge in [-0.25, -0.2) is 4.98 Å². The van der Waals surface area contributed by atoms with Gasteiger partial charge >= 0.3 is 0 Å². The van der Waals surface area contributed by atoms with E-state index in [4.69, 9.17) is 5.26 Å². The topological polar surface area (TPSA) is 84.5 Å². The van der Waals surface area contributed by atoms with Crippen LogP contribution < -0.4 is 0 Å². The fourth-order valence-corrected chi connectivity index (χ4v) is 3.17. The first-order chi connectivity index (χ1) is 13.6. The van der Waals surface area contributed by atoms with Crippen LogP contribution in [0.1, 0.15) is 21.7 Å². The van der Waals surface area contributed by atoms with E-state index < -0.39 is 0 Å². The molecule has 3 aromatic heterocycles. The molecule has 0 saturated heterocycles. The summed E-state index contributed by atoms with van der Waals surface area (Å²) >= 11 is 0. The highest BCUT2D eigenvalue weighted by Gasteiger charge is 2.11. The molecule has 0 unspecified atom stereocenters. The van der Waals surface area contributed by atoms with Crippen LogP contribution in [0.15, 0.2) is 61.3 Å². The lowest BCUT2D eigenvalue weighted by molar-refractivity contribution is 0.0992. The van der Waals surface area contributed by atoms with Gasteiger partial charge in [0.1, 0.15) is 0 Å². The molecule has 28 heavy (non-hydrogen) atoms. The van der Waals surface area contributed by atoms with E-state index in [1.54, 1.807) is 30.9 Å². The quantitative estimate of drug-likeness (QED) is 0.504. The average molecular weight is 367 g/mol. The molecule has 136 valence electrons. The molecule has 3 heterocycles. The van der Waals surface area contributed by atoms with Gasteiger partial charge in [0.25, 0.3) is 0 Å². The monoisotopic (exact) mass is 367 g/mol. The van der Waals surface area contributed by atoms with Crippen molar-refractivity contribution in [1.29, 1.82) is 5.26 Å². The molecular formula is C22H17N5O. The number of carbonyl (C=O) groups excluding carboxylic acids is 1. The predicted octanol–water partition coefficient (Wildman–Crippen LogP) is 3.52. The van der Waals surface area contributed by atoms with Crippen molar-refractivity contribution in [2.75, 3.05) is 0 Å². The summed E-state index contributed by atoms with van der Waals surface area (Å²) in [6.45, 7) is 0. The molecule has 4 aromatic rings. The minimum Gasteiger partial charge on any atom is -0.334 e. The molecule has 0 aliphatic rings. The third kappa shape index (κ3) is 3.51. The number of nitriles is 1. The minimum absolute atomic E-state index is 0.0452. The molecule has 0 saturated carbocycles. The van der Waals surface area contributed by atoms with Crippen LogP contribution in [0.4, 0.5) is 0 Å². The van der Waals surface area contributed by atoms with Gasteiger partial charge in [0.2, 0.25) is 0 Å². The van der Waals surface area contributed by atoms with Crippen molar-refractivity contribution in [2.24, 2.45) is 7.05 Å². The van der Waals surface area contributed by atoms with Crippen LogP contribution in [0, 0.1) is 11.3 Å². The maximum absolute atomic E-state index is 12.6. The molecule has 0 amide bonds. The number of hydrogen-bond donors (Lipinski definition) is 0. The Morgan fingerprint density at radius 1 is 1.07 bits per heavy atom. The number of imidazole rings is 1. The van der Waals surface area contributed by atoms with Crippen LogP contribution >= 0.6 is 0 Å². The van der Waals surface area contributed by atoms with Gasteiger partial charge in [-0.2, -0.15) is 5.26 Å². The van der Waals surface area contributed by atoms with E-state index in [1.807, 2.05) is 42.1 Å². The summed E-state index contributed by atoms with van der Waals surface area (Å²) in [6.07, 6.45) is 7.33.